The average molecular weight is 1460 g/mol. The molecule has 1 atom stereocenters. The molecule has 550 valence electrons. The Hall–Kier alpha value is -12.5. The van der Waals surface area contributed by atoms with Crippen LogP contribution in [0.2, 0.25) is 0 Å². The Kier molecular flexibility index (Phi) is 30.5. The number of carbonyl (C=O) groups excluding carboxylic acids is 3. The van der Waals surface area contributed by atoms with E-state index in [9.17, 15) is 24.1 Å². The zero-order valence-electron chi connectivity index (χ0n) is 62.7. The lowest BCUT2D eigenvalue weighted by molar-refractivity contribution is -0.103. The molecule has 0 saturated carbocycles. The summed E-state index contributed by atoms with van der Waals surface area (Å²) in [6, 6.07) is 48.7. The van der Waals surface area contributed by atoms with E-state index in [4.69, 9.17) is 32.9 Å². The number of amides is 2. The van der Waals surface area contributed by atoms with Crippen molar-refractivity contribution in [3.63, 3.8) is 0 Å². The number of carbonyl (C=O) groups is 3. The maximum absolute atomic E-state index is 12.6. The summed E-state index contributed by atoms with van der Waals surface area (Å²) in [7, 11) is 8.65. The zero-order chi connectivity index (χ0) is 77.5. The predicted molar refractivity (Wildman–Crippen MR) is 424 cm³/mol. The number of rotatable bonds is 14. The lowest BCUT2D eigenvalue weighted by Crippen LogP contribution is -2.34. The normalized spacial score (nSPS) is 11.3. The number of fused-ring (bicyclic) bond motifs is 4. The number of nitrogens with zero attached hydrogens (tertiary/aromatic N) is 9. The number of benzene rings is 4. The smallest absolute Gasteiger partial charge is 0.415 e. The second-order valence-electron chi connectivity index (χ2n) is 25.3. The molecule has 4 aromatic carbocycles. The van der Waals surface area contributed by atoms with Crippen molar-refractivity contribution in [3.8, 4) is 58.5 Å². The van der Waals surface area contributed by atoms with E-state index < -0.39 is 30.8 Å². The third kappa shape index (κ3) is 26.9. The van der Waals surface area contributed by atoms with E-state index in [-0.39, 0.29) is 18.3 Å². The van der Waals surface area contributed by atoms with E-state index in [1.807, 2.05) is 169 Å². The van der Waals surface area contributed by atoms with Crippen LogP contribution in [0.25, 0.3) is 55.8 Å². The number of aryl methyl sites for hydroxylation is 1. The summed E-state index contributed by atoms with van der Waals surface area (Å²) in [6.07, 6.45) is 12.0. The molecule has 107 heavy (non-hydrogen) atoms. The molecular weight excluding hydrogens is 1370 g/mol. The number of aromatic nitrogens is 7. The molecule has 2 N–H and O–H groups in total. The van der Waals surface area contributed by atoms with Crippen LogP contribution < -0.4 is 29.3 Å². The second kappa shape index (κ2) is 39.9. The highest BCUT2D eigenvalue weighted by Crippen LogP contribution is 2.50. The number of allylic oxidation sites excluding steroid dienone is 2. The number of aldehydes is 1. The van der Waals surface area contributed by atoms with Gasteiger partial charge in [0.2, 0.25) is 7.37 Å². The third-order valence-electron chi connectivity index (χ3n) is 14.6. The topological polar surface area (TPSA) is 262 Å². The highest BCUT2D eigenvalue weighted by atomic mass is 31.2. The van der Waals surface area contributed by atoms with Crippen molar-refractivity contribution in [2.75, 3.05) is 77.7 Å². The first-order chi connectivity index (χ1) is 51.2. The second-order valence-corrected chi connectivity index (χ2v) is 27.7. The van der Waals surface area contributed by atoms with Gasteiger partial charge >= 0.3 is 12.2 Å². The van der Waals surface area contributed by atoms with Crippen LogP contribution in [0.5, 0.6) is 23.0 Å². The van der Waals surface area contributed by atoms with Crippen LogP contribution in [0.1, 0.15) is 87.9 Å². The van der Waals surface area contributed by atoms with Gasteiger partial charge in [-0.25, -0.2) is 34.5 Å². The Labute approximate surface area is 624 Å². The molecule has 23 heteroatoms. The molecule has 0 fully saturated rings. The minimum absolute atomic E-state index is 0.100. The Morgan fingerprint density at radius 1 is 0.533 bits per heavy atom. The number of pyridine rings is 7. The molecule has 0 bridgehead atoms. The van der Waals surface area contributed by atoms with E-state index in [2.05, 4.69) is 81.8 Å². The van der Waals surface area contributed by atoms with E-state index in [0.29, 0.717) is 30.1 Å². The number of ether oxygens (including phenoxy) is 6. The van der Waals surface area contributed by atoms with Gasteiger partial charge in [-0.05, 0) is 219 Å². The van der Waals surface area contributed by atoms with Gasteiger partial charge in [-0.1, -0.05) is 53.9 Å². The van der Waals surface area contributed by atoms with Crippen molar-refractivity contribution in [1.82, 2.24) is 34.9 Å². The number of nitrogens with one attached hydrogen (secondary N) is 1. The van der Waals surface area contributed by atoms with E-state index in [0.717, 1.165) is 101 Å². The van der Waals surface area contributed by atoms with Gasteiger partial charge in [-0.2, -0.15) is 0 Å². The molecule has 0 radical (unpaired) electrons. The van der Waals surface area contributed by atoms with Gasteiger partial charge in [-0.3, -0.25) is 29.1 Å². The third-order valence-corrected chi connectivity index (χ3v) is 16.8. The number of methoxy groups -OCH3 is 4. The van der Waals surface area contributed by atoms with Crippen LogP contribution in [0.15, 0.2) is 188 Å². The van der Waals surface area contributed by atoms with Crippen LogP contribution in [-0.4, -0.2) is 132 Å². The summed E-state index contributed by atoms with van der Waals surface area (Å²) in [5, 5.41) is 16.4. The molecule has 1 unspecified atom stereocenters. The molecule has 0 spiro atoms. The maximum atomic E-state index is 12.6. The van der Waals surface area contributed by atoms with Crippen LogP contribution in [0.3, 0.4) is 0 Å². The number of phenols is 1. The fraction of sp³-hybridized carbons (Fsp3) is 0.238. The molecule has 0 saturated heterocycles. The molecule has 0 aliphatic carbocycles. The fourth-order valence-corrected chi connectivity index (χ4v) is 11.2. The van der Waals surface area contributed by atoms with Crippen LogP contribution in [0, 0.1) is 42.4 Å². The minimum Gasteiger partial charge on any atom is -0.508 e. The number of hydrogen-bond acceptors (Lipinski definition) is 20. The van der Waals surface area contributed by atoms with Crippen molar-refractivity contribution < 1.29 is 57.0 Å². The maximum Gasteiger partial charge on any atom is 0.415 e. The van der Waals surface area contributed by atoms with Gasteiger partial charge in [0.1, 0.15) is 58.0 Å². The Morgan fingerprint density at radius 3 is 1.38 bits per heavy atom. The minimum atomic E-state index is -2.84. The molecule has 7 aromatic heterocycles. The Bertz CT molecular complexity index is 5150. The Balaban J connectivity index is 0.000000191. The van der Waals surface area contributed by atoms with Crippen molar-refractivity contribution in [3.05, 3.63) is 228 Å². The van der Waals surface area contributed by atoms with E-state index in [1.54, 1.807) is 117 Å². The lowest BCUT2D eigenvalue weighted by atomic mass is 10.2. The number of anilines is 3. The number of aromatic hydroxyl groups is 1. The molecule has 22 nitrogen and oxygen atoms in total. The molecule has 2 amide bonds. The monoisotopic (exact) mass is 1460 g/mol. The van der Waals surface area contributed by atoms with Gasteiger partial charge in [0.15, 0.2) is 6.29 Å². The van der Waals surface area contributed by atoms with Crippen molar-refractivity contribution >= 4 is 99.1 Å². The standard InChI is InChI=1S/C25H25N3O3.C19H15N3O.C15H20NO4P.C14H16N2O3.C11H11NO/c1-25(2,3)31-24(29)28(4)23-15-10-18(17-26-23)8-6-7-9-20-12-11-19-16-21(30-5)13-14-22(19)27-20;1-20-19-11-6-14(13-21-19)4-2-3-5-16-8-7-15-12-17(23)9-10-18(15)22-16;1-4-20-21(17,11-18-2)10-13-6-5-12-9-14(19-3)7-8-15(12)16-13;1-14(2,3)19-13(18)16(4)12-8-7-11(10-15-12)6-5-9-17;1-8-3-4-9-7-10(13-2)5-6-11(9)12-8/h7,9-17H,1-5H3;3,5-13,23H,1H3,(H,20,21);5-9H,4,10-11H2,1-3H3;7-10H,1-4H3;3-7H,1-2H3/b9-7+;5-3+;;;. The van der Waals surface area contributed by atoms with Crippen LogP contribution in [-0.2, 0) is 34.3 Å². The molecule has 7 heterocycles. The molecule has 11 rings (SSSR count). The number of hydrogen-bond donors (Lipinski definition) is 2. The van der Waals surface area contributed by atoms with Gasteiger partial charge in [0.25, 0.3) is 0 Å². The summed E-state index contributed by atoms with van der Waals surface area (Å²) in [5.74, 6) is 21.4. The van der Waals surface area contributed by atoms with E-state index in [1.165, 1.54) is 23.1 Å². The molecule has 0 aliphatic rings. The predicted octanol–water partition coefficient (Wildman–Crippen LogP) is 16.7. The largest absolute Gasteiger partial charge is 0.508 e. The number of phenolic OH excluding ortho intramolecular Hbond substituents is 1. The van der Waals surface area contributed by atoms with Crippen molar-refractivity contribution in [1.29, 1.82) is 0 Å². The van der Waals surface area contributed by atoms with E-state index >= 15 is 0 Å². The Morgan fingerprint density at radius 2 is 0.963 bits per heavy atom. The summed E-state index contributed by atoms with van der Waals surface area (Å²) in [6.45, 7) is 15.1. The van der Waals surface area contributed by atoms with Gasteiger partial charge in [0, 0.05) is 90.8 Å². The van der Waals surface area contributed by atoms with Crippen LogP contribution in [0.4, 0.5) is 27.0 Å². The SMILES string of the molecule is CCOP(=O)(COC)Cc1ccc2cc(OC)ccc2n1.CN(C(=O)OC(C)(C)C)c1ccc(C#CC=O)cn1.CNc1ccc(C#C/C=C/c2ccc3cc(O)ccc3n2)cn1.COc1ccc2nc(/C=C/C#Cc3ccc(N(C)C(=O)OC(C)(C)C)nc3)ccc2c1.COc1ccc2nc(C)ccc2c1. The first-order valence-electron chi connectivity index (χ1n) is 33.6. The van der Waals surface area contributed by atoms with Gasteiger partial charge in [0.05, 0.1) is 73.2 Å². The molecule has 11 aromatic rings. The lowest BCUT2D eigenvalue weighted by Gasteiger charge is -2.24. The quantitative estimate of drug-likeness (QED) is 0.0582. The summed E-state index contributed by atoms with van der Waals surface area (Å²) < 4.78 is 49.1. The zero-order valence-corrected chi connectivity index (χ0v) is 63.6. The highest BCUT2D eigenvalue weighted by molar-refractivity contribution is 7.57. The van der Waals surface area contributed by atoms with Crippen molar-refractivity contribution in [2.24, 2.45) is 0 Å². The van der Waals surface area contributed by atoms with Gasteiger partial charge < -0.3 is 43.4 Å². The molecular formula is C84H87N10O12P. The van der Waals surface area contributed by atoms with Crippen LogP contribution >= 0.6 is 7.37 Å². The first-order valence-corrected chi connectivity index (χ1v) is 35.6. The average Bonchev–Trinajstić information content (AvgIpc) is 0.870. The summed E-state index contributed by atoms with van der Waals surface area (Å²) >= 11 is 0. The fourth-order valence-electron chi connectivity index (χ4n) is 9.46. The summed E-state index contributed by atoms with van der Waals surface area (Å²) in [4.78, 5) is 67.3. The van der Waals surface area contributed by atoms with Gasteiger partial charge in [-0.15, -0.1) is 0 Å². The highest BCUT2D eigenvalue weighted by Gasteiger charge is 2.25. The first kappa shape index (κ1) is 81.8. The van der Waals surface area contributed by atoms with Crippen molar-refractivity contribution in [2.45, 2.75) is 72.8 Å². The molecule has 0 aliphatic heterocycles. The summed E-state index contributed by atoms with van der Waals surface area (Å²) in [5.41, 5.74) is 8.09.